The summed E-state index contributed by atoms with van der Waals surface area (Å²) in [6.07, 6.45) is 1.54. The van der Waals surface area contributed by atoms with Gasteiger partial charge in [0.2, 0.25) is 6.41 Å². The van der Waals surface area contributed by atoms with E-state index in [0.29, 0.717) is 21.9 Å². The van der Waals surface area contributed by atoms with Gasteiger partial charge in [-0.15, -0.1) is 0 Å². The Bertz CT molecular complexity index is 1350. The normalized spacial score (nSPS) is 16.2. The number of amides is 1. The Balaban J connectivity index is 1.79. The molecule has 4 aromatic rings. The lowest BCUT2D eigenvalue weighted by Gasteiger charge is -2.35. The van der Waals surface area contributed by atoms with Gasteiger partial charge in [-0.2, -0.15) is 0 Å². The molecule has 30 heavy (non-hydrogen) atoms. The standard InChI is InChI=1S/C25H19ClN2O2/c1-2-27-21-9-5-3-7-17(21)19-13-16(11-12-23(19)27)25-20(14-29)24(26)18-8-4-6-10-22(18)28(25)15-30/h3-15,25H,2H2,1H3. The van der Waals surface area contributed by atoms with Crippen molar-refractivity contribution in [1.29, 1.82) is 0 Å². The van der Waals surface area contributed by atoms with Gasteiger partial charge in [0.1, 0.15) is 6.29 Å². The molecule has 1 aliphatic rings. The Labute approximate surface area is 179 Å². The maximum Gasteiger partial charge on any atom is 0.215 e. The number of nitrogens with zero attached hydrogens (tertiary/aromatic N) is 2. The molecule has 3 aromatic carbocycles. The summed E-state index contributed by atoms with van der Waals surface area (Å²) in [7, 11) is 0. The molecule has 0 N–H and O–H groups in total. The molecule has 0 saturated heterocycles. The third kappa shape index (κ3) is 2.54. The molecule has 1 unspecified atom stereocenters. The summed E-state index contributed by atoms with van der Waals surface area (Å²) >= 11 is 6.62. The molecule has 1 atom stereocenters. The smallest absolute Gasteiger partial charge is 0.215 e. The summed E-state index contributed by atoms with van der Waals surface area (Å²) in [6.45, 7) is 2.98. The van der Waals surface area contributed by atoms with Crippen LogP contribution in [0.5, 0.6) is 0 Å². The average Bonchev–Trinajstić information content (AvgIpc) is 3.12. The van der Waals surface area contributed by atoms with Crippen molar-refractivity contribution in [3.63, 3.8) is 0 Å². The molecule has 0 fully saturated rings. The van der Waals surface area contributed by atoms with Gasteiger partial charge in [0.15, 0.2) is 0 Å². The van der Waals surface area contributed by atoms with Gasteiger partial charge in [0.05, 0.1) is 16.8 Å². The van der Waals surface area contributed by atoms with Crippen molar-refractivity contribution >= 4 is 56.8 Å². The predicted octanol–water partition coefficient (Wildman–Crippen LogP) is 5.68. The maximum atomic E-state index is 12.1. The number of aromatic nitrogens is 1. The number of hydrogen-bond acceptors (Lipinski definition) is 2. The van der Waals surface area contributed by atoms with Crippen LogP contribution in [-0.4, -0.2) is 17.3 Å². The first-order valence-corrected chi connectivity index (χ1v) is 10.3. The van der Waals surface area contributed by atoms with E-state index in [0.717, 1.165) is 46.6 Å². The number of para-hydroxylation sites is 2. The Morgan fingerprint density at radius 2 is 1.67 bits per heavy atom. The highest BCUT2D eigenvalue weighted by molar-refractivity contribution is 6.51. The molecule has 0 aliphatic carbocycles. The first-order chi connectivity index (χ1) is 14.7. The zero-order valence-corrected chi connectivity index (χ0v) is 17.1. The van der Waals surface area contributed by atoms with Crippen molar-refractivity contribution in [2.75, 3.05) is 4.90 Å². The van der Waals surface area contributed by atoms with E-state index in [4.69, 9.17) is 11.6 Å². The molecule has 0 bridgehead atoms. The lowest BCUT2D eigenvalue weighted by molar-refractivity contribution is -0.107. The highest BCUT2D eigenvalue weighted by Crippen LogP contribution is 2.45. The van der Waals surface area contributed by atoms with E-state index < -0.39 is 6.04 Å². The third-order valence-electron chi connectivity index (χ3n) is 5.91. The van der Waals surface area contributed by atoms with E-state index >= 15 is 0 Å². The van der Waals surface area contributed by atoms with Crippen LogP contribution >= 0.6 is 11.6 Å². The van der Waals surface area contributed by atoms with Gasteiger partial charge in [0, 0.05) is 39.5 Å². The van der Waals surface area contributed by atoms with E-state index in [1.165, 1.54) is 0 Å². The van der Waals surface area contributed by atoms with Crippen molar-refractivity contribution in [3.05, 3.63) is 83.4 Å². The zero-order chi connectivity index (χ0) is 20.8. The van der Waals surface area contributed by atoms with Crippen LogP contribution < -0.4 is 4.90 Å². The fraction of sp³-hybridized carbons (Fsp3) is 0.120. The van der Waals surface area contributed by atoms with E-state index in [-0.39, 0.29) is 0 Å². The van der Waals surface area contributed by atoms with Gasteiger partial charge < -0.3 is 9.47 Å². The fourth-order valence-electron chi connectivity index (χ4n) is 4.60. The highest BCUT2D eigenvalue weighted by Gasteiger charge is 2.33. The molecule has 1 aromatic heterocycles. The zero-order valence-electron chi connectivity index (χ0n) is 16.4. The first kappa shape index (κ1) is 18.6. The molecule has 1 aliphatic heterocycles. The van der Waals surface area contributed by atoms with E-state index in [9.17, 15) is 9.59 Å². The largest absolute Gasteiger partial charge is 0.341 e. The number of benzene rings is 3. The Hall–Kier alpha value is -3.37. The molecule has 0 spiro atoms. The summed E-state index contributed by atoms with van der Waals surface area (Å²) in [5.41, 5.74) is 4.92. The lowest BCUT2D eigenvalue weighted by atomic mass is 9.90. The van der Waals surface area contributed by atoms with E-state index in [2.05, 4.69) is 35.8 Å². The first-order valence-electron chi connectivity index (χ1n) is 9.88. The number of carbonyl (C=O) groups excluding carboxylic acids is 2. The van der Waals surface area contributed by atoms with Crippen LogP contribution in [0, 0.1) is 0 Å². The number of halogens is 1. The number of fused-ring (bicyclic) bond motifs is 4. The quantitative estimate of drug-likeness (QED) is 0.403. The maximum absolute atomic E-state index is 12.1. The fourth-order valence-corrected chi connectivity index (χ4v) is 4.91. The molecule has 2 heterocycles. The monoisotopic (exact) mass is 414 g/mol. The van der Waals surface area contributed by atoms with Crippen LogP contribution in [0.25, 0.3) is 26.8 Å². The van der Waals surface area contributed by atoms with Gasteiger partial charge >= 0.3 is 0 Å². The molecule has 1 amide bonds. The van der Waals surface area contributed by atoms with Gasteiger partial charge in [0.25, 0.3) is 0 Å². The average molecular weight is 415 g/mol. The second-order valence-corrected chi connectivity index (χ2v) is 7.74. The lowest BCUT2D eigenvalue weighted by Crippen LogP contribution is -2.32. The molecule has 5 rings (SSSR count). The number of hydrogen-bond donors (Lipinski definition) is 0. The molecule has 4 nitrogen and oxygen atoms in total. The minimum atomic E-state index is -0.574. The van der Waals surface area contributed by atoms with Crippen LogP contribution in [-0.2, 0) is 16.1 Å². The number of aryl methyl sites for hydroxylation is 1. The number of carbonyl (C=O) groups is 2. The topological polar surface area (TPSA) is 42.3 Å². The summed E-state index contributed by atoms with van der Waals surface area (Å²) in [6, 6.07) is 21.2. The molecule has 148 valence electrons. The number of anilines is 1. The Morgan fingerprint density at radius 1 is 0.933 bits per heavy atom. The van der Waals surface area contributed by atoms with Crippen molar-refractivity contribution < 1.29 is 9.59 Å². The Kier molecular flexibility index (Phi) is 4.44. The van der Waals surface area contributed by atoms with Gasteiger partial charge in [-0.05, 0) is 36.8 Å². The third-order valence-corrected chi connectivity index (χ3v) is 6.34. The second-order valence-electron chi connectivity index (χ2n) is 7.36. The van der Waals surface area contributed by atoms with E-state index in [1.54, 1.807) is 4.90 Å². The number of aldehydes is 1. The van der Waals surface area contributed by atoms with Crippen LogP contribution in [0.3, 0.4) is 0 Å². The van der Waals surface area contributed by atoms with E-state index in [1.807, 2.05) is 42.5 Å². The van der Waals surface area contributed by atoms with Crippen LogP contribution in [0.1, 0.15) is 24.1 Å². The Morgan fingerprint density at radius 3 is 2.43 bits per heavy atom. The minimum Gasteiger partial charge on any atom is -0.341 e. The summed E-state index contributed by atoms with van der Waals surface area (Å²) in [5, 5.41) is 2.63. The number of rotatable bonds is 4. The van der Waals surface area contributed by atoms with Gasteiger partial charge in [-0.1, -0.05) is 54.1 Å². The highest BCUT2D eigenvalue weighted by atomic mass is 35.5. The van der Waals surface area contributed by atoms with Crippen molar-refractivity contribution in [2.45, 2.75) is 19.5 Å². The minimum absolute atomic E-state index is 0.389. The molecular formula is C25H19ClN2O2. The van der Waals surface area contributed by atoms with Crippen LogP contribution in [0.2, 0.25) is 0 Å². The van der Waals surface area contributed by atoms with Crippen molar-refractivity contribution in [1.82, 2.24) is 4.57 Å². The van der Waals surface area contributed by atoms with Crippen molar-refractivity contribution in [2.24, 2.45) is 0 Å². The molecule has 0 radical (unpaired) electrons. The molecule has 5 heteroatoms. The summed E-state index contributed by atoms with van der Waals surface area (Å²) in [5.74, 6) is 0. The summed E-state index contributed by atoms with van der Waals surface area (Å²) in [4.78, 5) is 25.8. The van der Waals surface area contributed by atoms with Crippen LogP contribution in [0.4, 0.5) is 5.69 Å². The molecular weight excluding hydrogens is 396 g/mol. The SMILES string of the molecule is CCn1c2ccccc2c2cc(C3C(C=O)=C(Cl)c4ccccc4N3C=O)ccc21. The van der Waals surface area contributed by atoms with Crippen LogP contribution in [0.15, 0.2) is 72.3 Å². The van der Waals surface area contributed by atoms with Gasteiger partial charge in [-0.25, -0.2) is 0 Å². The second kappa shape index (κ2) is 7.15. The molecule has 0 saturated carbocycles. The summed E-state index contributed by atoms with van der Waals surface area (Å²) < 4.78 is 2.27. The predicted molar refractivity (Wildman–Crippen MR) is 122 cm³/mol. The van der Waals surface area contributed by atoms with Gasteiger partial charge in [-0.3, -0.25) is 9.59 Å². The van der Waals surface area contributed by atoms with Crippen molar-refractivity contribution in [3.8, 4) is 0 Å².